The van der Waals surface area contributed by atoms with Gasteiger partial charge in [0.15, 0.2) is 0 Å². The summed E-state index contributed by atoms with van der Waals surface area (Å²) in [6, 6.07) is 8.99. The van der Waals surface area contributed by atoms with Crippen LogP contribution in [0.25, 0.3) is 0 Å². The first-order valence-electron chi connectivity index (χ1n) is 10.2. The van der Waals surface area contributed by atoms with E-state index in [4.69, 9.17) is 0 Å². The van der Waals surface area contributed by atoms with E-state index in [1.807, 2.05) is 0 Å². The molecule has 0 spiro atoms. The van der Waals surface area contributed by atoms with Gasteiger partial charge in [0, 0.05) is 17.8 Å². The molecule has 9 nitrogen and oxygen atoms in total. The molecule has 2 heterocycles. The minimum absolute atomic E-state index is 0.0153. The van der Waals surface area contributed by atoms with Gasteiger partial charge in [0.2, 0.25) is 5.91 Å². The number of anilines is 1. The number of rotatable bonds is 6. The molecule has 0 radical (unpaired) electrons. The van der Waals surface area contributed by atoms with Crippen LogP contribution in [0.3, 0.4) is 0 Å². The molecule has 1 atom stereocenters. The number of carbonyl (C=O) groups excluding carboxylic acids is 4. The predicted octanol–water partition coefficient (Wildman–Crippen LogP) is 2.01. The summed E-state index contributed by atoms with van der Waals surface area (Å²) < 4.78 is 27.9. The molecular weight excluding hydrogens is 446 g/mol. The minimum Gasteiger partial charge on any atom is -0.329 e. The number of benzene rings is 2. The van der Waals surface area contributed by atoms with Crippen LogP contribution in [-0.4, -0.2) is 42.9 Å². The monoisotopic (exact) mass is 467 g/mol. The zero-order chi connectivity index (χ0) is 23.9. The van der Waals surface area contributed by atoms with Gasteiger partial charge in [-0.3, -0.25) is 28.8 Å². The number of hydrogen-bond donors (Lipinski definition) is 2. The van der Waals surface area contributed by atoms with E-state index in [0.717, 1.165) is 4.90 Å². The standard InChI is InChI=1S/C23H21N3O6S/c1-13-3-10-20(21(28)24-13)26-22(29)18-9-6-16(12-19(18)23(26)30)25-33(31,32)17-7-4-15(5-8-17)11-14(2)27/h4-9,12,20,25H,1,3,10-11H2,2H3,(H,24,28). The van der Waals surface area contributed by atoms with Crippen molar-refractivity contribution in [3.05, 3.63) is 71.4 Å². The highest BCUT2D eigenvalue weighted by Gasteiger charge is 2.44. The van der Waals surface area contributed by atoms with Gasteiger partial charge in [0.1, 0.15) is 11.8 Å². The second kappa shape index (κ2) is 8.28. The van der Waals surface area contributed by atoms with Crippen molar-refractivity contribution in [3.63, 3.8) is 0 Å². The SMILES string of the molecule is C=C1CCC(N2C(=O)c3ccc(NS(=O)(=O)c4ccc(CC(C)=O)cc4)cc3C2=O)C(=O)N1. The van der Waals surface area contributed by atoms with Crippen molar-refractivity contribution in [2.45, 2.75) is 37.1 Å². The summed E-state index contributed by atoms with van der Waals surface area (Å²) in [5.74, 6) is -1.77. The van der Waals surface area contributed by atoms with E-state index in [2.05, 4.69) is 16.6 Å². The summed E-state index contributed by atoms with van der Waals surface area (Å²) in [6.07, 6.45) is 0.924. The van der Waals surface area contributed by atoms with Crippen molar-refractivity contribution in [2.24, 2.45) is 0 Å². The molecule has 1 fully saturated rings. The van der Waals surface area contributed by atoms with Gasteiger partial charge in [-0.15, -0.1) is 0 Å². The Hall–Kier alpha value is -3.79. The predicted molar refractivity (Wildman–Crippen MR) is 119 cm³/mol. The zero-order valence-electron chi connectivity index (χ0n) is 17.8. The molecule has 10 heteroatoms. The lowest BCUT2D eigenvalue weighted by atomic mass is 10.0. The Labute approximate surface area is 190 Å². The Balaban J connectivity index is 1.56. The Bertz CT molecular complexity index is 1310. The summed E-state index contributed by atoms with van der Waals surface area (Å²) >= 11 is 0. The molecule has 0 bridgehead atoms. The number of nitrogens with one attached hydrogen (secondary N) is 2. The highest BCUT2D eigenvalue weighted by atomic mass is 32.2. The van der Waals surface area contributed by atoms with Crippen LogP contribution in [0.4, 0.5) is 5.69 Å². The van der Waals surface area contributed by atoms with Crippen molar-refractivity contribution in [3.8, 4) is 0 Å². The van der Waals surface area contributed by atoms with Gasteiger partial charge in [-0.1, -0.05) is 18.7 Å². The zero-order valence-corrected chi connectivity index (χ0v) is 18.6. The molecule has 170 valence electrons. The highest BCUT2D eigenvalue weighted by Crippen LogP contribution is 2.31. The van der Waals surface area contributed by atoms with Gasteiger partial charge < -0.3 is 5.32 Å². The number of hydrogen-bond acceptors (Lipinski definition) is 6. The topological polar surface area (TPSA) is 130 Å². The number of fused-ring (bicyclic) bond motifs is 1. The summed E-state index contributed by atoms with van der Waals surface area (Å²) in [6.45, 7) is 5.14. The van der Waals surface area contributed by atoms with Crippen LogP contribution in [-0.2, 0) is 26.0 Å². The molecule has 1 unspecified atom stereocenters. The molecule has 2 aliphatic heterocycles. The van der Waals surface area contributed by atoms with E-state index in [9.17, 15) is 27.6 Å². The van der Waals surface area contributed by atoms with Crippen LogP contribution in [0.15, 0.2) is 59.6 Å². The molecule has 2 aliphatic rings. The van der Waals surface area contributed by atoms with Gasteiger partial charge in [-0.25, -0.2) is 8.42 Å². The third kappa shape index (κ3) is 4.29. The highest BCUT2D eigenvalue weighted by molar-refractivity contribution is 7.92. The van der Waals surface area contributed by atoms with Crippen LogP contribution < -0.4 is 10.0 Å². The lowest BCUT2D eigenvalue weighted by molar-refractivity contribution is -0.125. The third-order valence-corrected chi connectivity index (χ3v) is 6.89. The Morgan fingerprint density at radius 2 is 1.76 bits per heavy atom. The second-order valence-corrected chi connectivity index (χ2v) is 9.70. The maximum Gasteiger partial charge on any atom is 0.262 e. The minimum atomic E-state index is -3.97. The molecule has 0 saturated carbocycles. The lowest BCUT2D eigenvalue weighted by Gasteiger charge is -2.29. The normalized spacial score (nSPS) is 18.2. The lowest BCUT2D eigenvalue weighted by Crippen LogP contribution is -2.51. The van der Waals surface area contributed by atoms with Gasteiger partial charge in [0.25, 0.3) is 21.8 Å². The molecule has 33 heavy (non-hydrogen) atoms. The molecular formula is C23H21N3O6S. The van der Waals surface area contributed by atoms with E-state index in [1.165, 1.54) is 37.3 Å². The van der Waals surface area contributed by atoms with Gasteiger partial charge >= 0.3 is 0 Å². The molecule has 4 rings (SSSR count). The fraction of sp³-hybridized carbons (Fsp3) is 0.217. The summed E-state index contributed by atoms with van der Waals surface area (Å²) in [5, 5.41) is 2.56. The Morgan fingerprint density at radius 1 is 1.09 bits per heavy atom. The Kier molecular flexibility index (Phi) is 5.62. The fourth-order valence-corrected chi connectivity index (χ4v) is 4.95. The van der Waals surface area contributed by atoms with Crippen LogP contribution >= 0.6 is 0 Å². The van der Waals surface area contributed by atoms with E-state index >= 15 is 0 Å². The number of piperidine rings is 1. The smallest absolute Gasteiger partial charge is 0.262 e. The number of nitrogens with zero attached hydrogens (tertiary/aromatic N) is 1. The Morgan fingerprint density at radius 3 is 2.39 bits per heavy atom. The maximum absolute atomic E-state index is 12.9. The maximum atomic E-state index is 12.9. The van der Waals surface area contributed by atoms with E-state index in [0.29, 0.717) is 17.7 Å². The largest absolute Gasteiger partial charge is 0.329 e. The summed E-state index contributed by atoms with van der Waals surface area (Å²) in [7, 11) is -3.97. The van der Waals surface area contributed by atoms with E-state index in [1.54, 1.807) is 12.1 Å². The van der Waals surface area contributed by atoms with Crippen molar-refractivity contribution >= 4 is 39.2 Å². The first-order valence-corrected chi connectivity index (χ1v) is 11.7. The number of allylic oxidation sites excluding steroid dienone is 1. The van der Waals surface area contributed by atoms with Crippen LogP contribution in [0.1, 0.15) is 46.0 Å². The molecule has 2 N–H and O–H groups in total. The summed E-state index contributed by atoms with van der Waals surface area (Å²) in [5.41, 5.74) is 1.45. The fourth-order valence-electron chi connectivity index (χ4n) is 3.90. The number of Topliss-reactive ketones (excluding diaryl/α,β-unsaturated/α-hetero) is 1. The number of imide groups is 1. The van der Waals surface area contributed by atoms with Crippen LogP contribution in [0.5, 0.6) is 0 Å². The van der Waals surface area contributed by atoms with Crippen molar-refractivity contribution in [1.29, 1.82) is 0 Å². The summed E-state index contributed by atoms with van der Waals surface area (Å²) in [4.78, 5) is 50.2. The molecule has 3 amide bonds. The van der Waals surface area contributed by atoms with Gasteiger partial charge in [0.05, 0.1) is 16.0 Å². The molecule has 0 aliphatic carbocycles. The van der Waals surface area contributed by atoms with Crippen molar-refractivity contribution in [2.75, 3.05) is 4.72 Å². The molecule has 2 aromatic carbocycles. The first kappa shape index (κ1) is 22.4. The molecule has 2 aromatic rings. The number of amides is 3. The number of carbonyl (C=O) groups is 4. The average Bonchev–Trinajstić information content (AvgIpc) is 2.98. The quantitative estimate of drug-likeness (QED) is 0.625. The van der Waals surface area contributed by atoms with Crippen LogP contribution in [0.2, 0.25) is 0 Å². The van der Waals surface area contributed by atoms with E-state index < -0.39 is 33.8 Å². The first-order chi connectivity index (χ1) is 15.6. The molecule has 0 aromatic heterocycles. The van der Waals surface area contributed by atoms with Crippen molar-refractivity contribution in [1.82, 2.24) is 10.2 Å². The van der Waals surface area contributed by atoms with Gasteiger partial charge in [-0.2, -0.15) is 0 Å². The number of sulfonamides is 1. The second-order valence-electron chi connectivity index (χ2n) is 8.02. The molecule has 1 saturated heterocycles. The number of ketones is 1. The average molecular weight is 468 g/mol. The van der Waals surface area contributed by atoms with Crippen LogP contribution in [0, 0.1) is 0 Å². The van der Waals surface area contributed by atoms with E-state index in [-0.39, 0.29) is 40.3 Å². The van der Waals surface area contributed by atoms with Crippen molar-refractivity contribution < 1.29 is 27.6 Å². The van der Waals surface area contributed by atoms with Gasteiger partial charge in [-0.05, 0) is 55.7 Å². The third-order valence-electron chi connectivity index (χ3n) is 5.49.